The molecule has 0 amide bonds. The Hall–Kier alpha value is -2.70. The molecule has 6 heteroatoms. The summed E-state index contributed by atoms with van der Waals surface area (Å²) >= 11 is 0. The molecule has 1 saturated heterocycles. The van der Waals surface area contributed by atoms with Gasteiger partial charge in [0.25, 0.3) is 5.69 Å². The second kappa shape index (κ2) is 10.3. The van der Waals surface area contributed by atoms with Crippen LogP contribution in [-0.4, -0.2) is 31.4 Å². The number of hydrogen-bond acceptors (Lipinski definition) is 5. The molecule has 1 heterocycles. The van der Waals surface area contributed by atoms with E-state index in [0.29, 0.717) is 17.9 Å². The zero-order valence-corrected chi connectivity index (χ0v) is 14.8. The summed E-state index contributed by atoms with van der Waals surface area (Å²) in [5.41, 5.74) is 2.47. The van der Waals surface area contributed by atoms with Crippen LogP contribution in [-0.2, 0) is 16.1 Å². The molecule has 2 aromatic carbocycles. The van der Waals surface area contributed by atoms with Gasteiger partial charge in [-0.05, 0) is 24.1 Å². The molecule has 0 saturated carbocycles. The smallest absolute Gasteiger partial charge is 0.270 e. The van der Waals surface area contributed by atoms with Crippen LogP contribution in [0.15, 0.2) is 55.1 Å². The molecule has 0 bridgehead atoms. The molecule has 6 nitrogen and oxygen atoms in total. The Morgan fingerprint density at radius 1 is 1.12 bits per heavy atom. The van der Waals surface area contributed by atoms with Gasteiger partial charge in [-0.15, -0.1) is 0 Å². The molecule has 0 atom stereocenters. The Morgan fingerprint density at radius 2 is 1.73 bits per heavy atom. The highest BCUT2D eigenvalue weighted by Gasteiger charge is 2.12. The molecule has 0 unspecified atom stereocenters. The molecule has 26 heavy (non-hydrogen) atoms. The molecule has 1 fully saturated rings. The zero-order valence-electron chi connectivity index (χ0n) is 14.8. The van der Waals surface area contributed by atoms with Gasteiger partial charge >= 0.3 is 0 Å². The summed E-state index contributed by atoms with van der Waals surface area (Å²) < 4.78 is 15.6. The van der Waals surface area contributed by atoms with Gasteiger partial charge in [0.05, 0.1) is 31.4 Å². The monoisotopic (exact) mass is 357 g/mol. The predicted octanol–water partition coefficient (Wildman–Crippen LogP) is 4.24. The highest BCUT2D eigenvalue weighted by molar-refractivity contribution is 5.69. The third-order valence-electron chi connectivity index (χ3n) is 3.61. The maximum absolute atomic E-state index is 10.8. The molecular formula is C20H23NO5. The Labute approximate surface area is 153 Å². The summed E-state index contributed by atoms with van der Waals surface area (Å²) in [5.74, 6) is 0.604. The highest BCUT2D eigenvalue weighted by atomic mass is 16.6. The minimum atomic E-state index is -0.423. The van der Waals surface area contributed by atoms with Crippen molar-refractivity contribution >= 4 is 11.3 Å². The molecule has 0 N–H and O–H groups in total. The van der Waals surface area contributed by atoms with Crippen LogP contribution in [0.2, 0.25) is 0 Å². The summed E-state index contributed by atoms with van der Waals surface area (Å²) in [6, 6.07) is 14.3. The standard InChI is InChI=1S/C16H15NO3.C4H8O2/c1-12(2)15-10-14(17(18)19)8-9-16(15)20-11-13-6-4-3-5-7-13;1-2-6-4-3-5-1/h3-10H,1,11H2,2H3;1-4H2. The van der Waals surface area contributed by atoms with Crippen molar-refractivity contribution in [3.05, 3.63) is 76.4 Å². The number of nitrogens with zero attached hydrogens (tertiary/aromatic N) is 1. The molecule has 1 aliphatic heterocycles. The number of allylic oxidation sites excluding steroid dienone is 1. The van der Waals surface area contributed by atoms with Crippen LogP contribution in [0.5, 0.6) is 5.75 Å². The van der Waals surface area contributed by atoms with Gasteiger partial charge in [0.2, 0.25) is 0 Å². The fourth-order valence-electron chi connectivity index (χ4n) is 2.27. The summed E-state index contributed by atoms with van der Waals surface area (Å²) in [7, 11) is 0. The van der Waals surface area contributed by atoms with Crippen LogP contribution < -0.4 is 4.74 Å². The summed E-state index contributed by atoms with van der Waals surface area (Å²) in [4.78, 5) is 10.4. The van der Waals surface area contributed by atoms with Crippen LogP contribution in [0.4, 0.5) is 5.69 Å². The SMILES string of the molecule is C1COCCO1.C=C(C)c1cc([N+](=O)[O-])ccc1OCc1ccccc1. The molecule has 2 aromatic rings. The lowest BCUT2D eigenvalue weighted by Gasteiger charge is -2.11. The number of nitro groups is 1. The largest absolute Gasteiger partial charge is 0.488 e. The molecular weight excluding hydrogens is 334 g/mol. The number of ether oxygens (including phenoxy) is 3. The number of non-ortho nitro benzene ring substituents is 1. The van der Waals surface area contributed by atoms with Crippen molar-refractivity contribution in [2.75, 3.05) is 26.4 Å². The van der Waals surface area contributed by atoms with Crippen molar-refractivity contribution in [1.82, 2.24) is 0 Å². The second-order valence-corrected chi connectivity index (χ2v) is 5.72. The van der Waals surface area contributed by atoms with Gasteiger partial charge in [-0.2, -0.15) is 0 Å². The minimum Gasteiger partial charge on any atom is -0.488 e. The van der Waals surface area contributed by atoms with Gasteiger partial charge in [-0.1, -0.05) is 36.9 Å². The first kappa shape index (κ1) is 19.6. The van der Waals surface area contributed by atoms with Gasteiger partial charge in [-0.25, -0.2) is 0 Å². The lowest BCUT2D eigenvalue weighted by atomic mass is 10.1. The van der Waals surface area contributed by atoms with Gasteiger partial charge in [-0.3, -0.25) is 10.1 Å². The molecule has 0 spiro atoms. The molecule has 1 aliphatic rings. The van der Waals surface area contributed by atoms with E-state index in [1.807, 2.05) is 30.3 Å². The lowest BCUT2D eigenvalue weighted by Crippen LogP contribution is -2.16. The molecule has 3 rings (SSSR count). The molecule has 0 aliphatic carbocycles. The molecule has 138 valence electrons. The summed E-state index contributed by atoms with van der Waals surface area (Å²) in [6.07, 6.45) is 0. The highest BCUT2D eigenvalue weighted by Crippen LogP contribution is 2.29. The van der Waals surface area contributed by atoms with Gasteiger partial charge in [0.1, 0.15) is 12.4 Å². The average Bonchev–Trinajstić information content (AvgIpc) is 2.68. The van der Waals surface area contributed by atoms with E-state index < -0.39 is 4.92 Å². The fourth-order valence-corrected chi connectivity index (χ4v) is 2.27. The summed E-state index contributed by atoms with van der Waals surface area (Å²) in [5, 5.41) is 10.8. The lowest BCUT2D eigenvalue weighted by molar-refractivity contribution is -0.384. The predicted molar refractivity (Wildman–Crippen MR) is 100 cm³/mol. The third-order valence-corrected chi connectivity index (χ3v) is 3.61. The maximum Gasteiger partial charge on any atom is 0.270 e. The van der Waals surface area contributed by atoms with E-state index in [2.05, 4.69) is 6.58 Å². The topological polar surface area (TPSA) is 70.8 Å². The summed E-state index contributed by atoms with van der Waals surface area (Å²) in [6.45, 7) is 9.17. The Morgan fingerprint density at radius 3 is 2.23 bits per heavy atom. The average molecular weight is 357 g/mol. The van der Waals surface area contributed by atoms with E-state index in [9.17, 15) is 10.1 Å². The van der Waals surface area contributed by atoms with Crippen LogP contribution in [0.3, 0.4) is 0 Å². The van der Waals surface area contributed by atoms with E-state index in [-0.39, 0.29) is 5.69 Å². The first-order valence-electron chi connectivity index (χ1n) is 8.34. The number of benzene rings is 2. The van der Waals surface area contributed by atoms with Crippen LogP contribution in [0.1, 0.15) is 18.1 Å². The van der Waals surface area contributed by atoms with Gasteiger partial charge in [0, 0.05) is 17.7 Å². The Bertz CT molecular complexity index is 715. The van der Waals surface area contributed by atoms with E-state index in [1.54, 1.807) is 13.0 Å². The van der Waals surface area contributed by atoms with Crippen molar-refractivity contribution in [3.63, 3.8) is 0 Å². The second-order valence-electron chi connectivity index (χ2n) is 5.72. The van der Waals surface area contributed by atoms with Crippen molar-refractivity contribution in [3.8, 4) is 5.75 Å². The van der Waals surface area contributed by atoms with Crippen molar-refractivity contribution < 1.29 is 19.1 Å². The zero-order chi connectivity index (χ0) is 18.8. The van der Waals surface area contributed by atoms with E-state index >= 15 is 0 Å². The van der Waals surface area contributed by atoms with Crippen LogP contribution >= 0.6 is 0 Å². The third kappa shape index (κ3) is 6.31. The maximum atomic E-state index is 10.8. The molecule has 0 aromatic heterocycles. The van der Waals surface area contributed by atoms with Crippen molar-refractivity contribution in [2.24, 2.45) is 0 Å². The number of hydrogen-bond donors (Lipinski definition) is 0. The van der Waals surface area contributed by atoms with E-state index in [1.165, 1.54) is 12.1 Å². The number of rotatable bonds is 5. The van der Waals surface area contributed by atoms with Crippen molar-refractivity contribution in [2.45, 2.75) is 13.5 Å². The normalized spacial score (nSPS) is 13.3. The first-order chi connectivity index (χ1) is 12.6. The van der Waals surface area contributed by atoms with Crippen molar-refractivity contribution in [1.29, 1.82) is 0 Å². The van der Waals surface area contributed by atoms with E-state index in [0.717, 1.165) is 37.6 Å². The number of nitro benzene ring substituents is 1. The van der Waals surface area contributed by atoms with Crippen LogP contribution in [0.25, 0.3) is 5.57 Å². The van der Waals surface area contributed by atoms with Gasteiger partial charge in [0.15, 0.2) is 0 Å². The molecule has 0 radical (unpaired) electrons. The Kier molecular flexibility index (Phi) is 7.79. The van der Waals surface area contributed by atoms with Gasteiger partial charge < -0.3 is 14.2 Å². The minimum absolute atomic E-state index is 0.0371. The fraction of sp³-hybridized carbons (Fsp3) is 0.300. The first-order valence-corrected chi connectivity index (χ1v) is 8.34. The quantitative estimate of drug-likeness (QED) is 0.591. The van der Waals surface area contributed by atoms with E-state index in [4.69, 9.17) is 14.2 Å². The Balaban J connectivity index is 0.000000342. The van der Waals surface area contributed by atoms with Crippen LogP contribution in [0, 0.1) is 10.1 Å².